The predicted octanol–water partition coefficient (Wildman–Crippen LogP) is 5.72. The number of amides is 1. The average molecular weight is 468 g/mol. The average Bonchev–Trinajstić information content (AvgIpc) is 3.45. The van der Waals surface area contributed by atoms with Gasteiger partial charge in [0.15, 0.2) is 0 Å². The second kappa shape index (κ2) is 8.92. The minimum absolute atomic E-state index is 0.0495. The maximum absolute atomic E-state index is 12.4. The molecule has 0 saturated carbocycles. The van der Waals surface area contributed by atoms with Gasteiger partial charge in [-0.1, -0.05) is 11.6 Å². The zero-order valence-corrected chi connectivity index (χ0v) is 19.1. The van der Waals surface area contributed by atoms with Gasteiger partial charge in [-0.25, -0.2) is 4.98 Å². The topological polar surface area (TPSA) is 67.6 Å². The Morgan fingerprint density at radius 3 is 2.94 bits per heavy atom. The number of pyridine rings is 1. The van der Waals surface area contributed by atoms with Crippen LogP contribution in [-0.2, 0) is 4.79 Å². The Hall–Kier alpha value is -2.90. The predicted molar refractivity (Wildman–Crippen MR) is 130 cm³/mol. The van der Waals surface area contributed by atoms with Gasteiger partial charge in [-0.05, 0) is 55.0 Å². The van der Waals surface area contributed by atoms with Crippen LogP contribution in [0.3, 0.4) is 0 Å². The first kappa shape index (κ1) is 21.0. The Morgan fingerprint density at radius 2 is 2.12 bits per heavy atom. The fraction of sp³-hybridized carbons (Fsp3) is 0.250. The maximum atomic E-state index is 12.4. The third kappa shape index (κ3) is 3.98. The van der Waals surface area contributed by atoms with E-state index < -0.39 is 0 Å². The minimum Gasteiger partial charge on any atom is -0.497 e. The summed E-state index contributed by atoms with van der Waals surface area (Å²) in [5, 5.41) is 6.17. The molecule has 1 unspecified atom stereocenters. The molecule has 2 aromatic heterocycles. The van der Waals surface area contributed by atoms with Crippen molar-refractivity contribution in [2.45, 2.75) is 11.8 Å². The van der Waals surface area contributed by atoms with E-state index in [-0.39, 0.29) is 11.3 Å². The van der Waals surface area contributed by atoms with Crippen molar-refractivity contribution in [3.8, 4) is 5.75 Å². The van der Waals surface area contributed by atoms with Gasteiger partial charge < -0.3 is 19.4 Å². The number of ether oxygens (including phenoxy) is 1. The van der Waals surface area contributed by atoms with Gasteiger partial charge in [0.05, 0.1) is 35.8 Å². The number of carbonyl (C=O) groups is 1. The first-order valence-electron chi connectivity index (χ1n) is 10.4. The number of furan rings is 1. The summed E-state index contributed by atoms with van der Waals surface area (Å²) in [7, 11) is 1.66. The van der Waals surface area contributed by atoms with Crippen LogP contribution < -0.4 is 10.1 Å². The Morgan fingerprint density at radius 1 is 1.22 bits per heavy atom. The number of anilines is 1. The first-order valence-corrected chi connectivity index (χ1v) is 11.8. The summed E-state index contributed by atoms with van der Waals surface area (Å²) >= 11 is 7.82. The number of aromatic nitrogens is 1. The number of fused-ring (bicyclic) bond motifs is 2. The molecule has 32 heavy (non-hydrogen) atoms. The summed E-state index contributed by atoms with van der Waals surface area (Å²) < 4.78 is 11.0. The number of nitrogens with one attached hydrogen (secondary N) is 1. The van der Waals surface area contributed by atoms with Crippen molar-refractivity contribution in [2.24, 2.45) is 0 Å². The highest BCUT2D eigenvalue weighted by atomic mass is 35.5. The van der Waals surface area contributed by atoms with E-state index in [1.54, 1.807) is 25.1 Å². The van der Waals surface area contributed by atoms with Crippen molar-refractivity contribution in [3.05, 3.63) is 65.6 Å². The van der Waals surface area contributed by atoms with E-state index in [1.807, 2.05) is 53.4 Å². The largest absolute Gasteiger partial charge is 0.497 e. The number of thioether (sulfide) groups is 1. The zero-order chi connectivity index (χ0) is 22.1. The van der Waals surface area contributed by atoms with Gasteiger partial charge in [0.25, 0.3) is 0 Å². The van der Waals surface area contributed by atoms with Gasteiger partial charge in [-0.2, -0.15) is 0 Å². The molecule has 164 valence electrons. The second-order valence-electron chi connectivity index (χ2n) is 7.58. The summed E-state index contributed by atoms with van der Waals surface area (Å²) in [4.78, 5) is 19.1. The number of rotatable bonds is 7. The molecule has 2 aromatic carbocycles. The molecule has 1 atom stereocenters. The molecule has 1 saturated heterocycles. The summed E-state index contributed by atoms with van der Waals surface area (Å²) in [6.45, 7) is 1.35. The molecule has 8 heteroatoms. The molecule has 1 fully saturated rings. The summed E-state index contributed by atoms with van der Waals surface area (Å²) in [6.07, 6.45) is 2.45. The van der Waals surface area contributed by atoms with Crippen LogP contribution in [0.5, 0.6) is 5.75 Å². The van der Waals surface area contributed by atoms with Crippen molar-refractivity contribution >= 4 is 56.8 Å². The molecule has 3 heterocycles. The van der Waals surface area contributed by atoms with Gasteiger partial charge in [-0.3, -0.25) is 4.79 Å². The summed E-state index contributed by atoms with van der Waals surface area (Å²) in [5.41, 5.74) is 2.69. The number of hydrogen-bond acceptors (Lipinski definition) is 6. The van der Waals surface area contributed by atoms with Crippen LogP contribution in [0.4, 0.5) is 5.69 Å². The number of methoxy groups -OCH3 is 1. The molecule has 1 N–H and O–H groups in total. The van der Waals surface area contributed by atoms with Crippen LogP contribution >= 0.6 is 23.4 Å². The van der Waals surface area contributed by atoms with Gasteiger partial charge in [0, 0.05) is 28.9 Å². The lowest BCUT2D eigenvalue weighted by Crippen LogP contribution is -2.30. The number of carbonyl (C=O) groups excluding carboxylic acids is 1. The number of halogens is 1. The third-order valence-electron chi connectivity index (χ3n) is 5.58. The molecule has 0 bridgehead atoms. The number of hydrogen-bond donors (Lipinski definition) is 1. The minimum atomic E-state index is -0.0495. The normalized spacial score (nSPS) is 16.2. The van der Waals surface area contributed by atoms with E-state index >= 15 is 0 Å². The van der Waals surface area contributed by atoms with Crippen molar-refractivity contribution in [2.75, 3.05) is 31.3 Å². The van der Waals surface area contributed by atoms with Crippen LogP contribution in [0.1, 0.15) is 17.6 Å². The molecule has 0 aliphatic carbocycles. The van der Waals surface area contributed by atoms with Crippen LogP contribution in [0.25, 0.3) is 21.8 Å². The monoisotopic (exact) mass is 467 g/mol. The lowest BCUT2D eigenvalue weighted by Gasteiger charge is -2.22. The molecule has 4 aromatic rings. The molecule has 1 amide bonds. The van der Waals surface area contributed by atoms with Crippen molar-refractivity contribution in [1.82, 2.24) is 9.88 Å². The summed E-state index contributed by atoms with van der Waals surface area (Å²) in [6, 6.07) is 15.4. The maximum Gasteiger partial charge on any atom is 0.233 e. The van der Waals surface area contributed by atoms with Crippen LogP contribution in [-0.4, -0.2) is 41.7 Å². The quantitative estimate of drug-likeness (QED) is 0.277. The zero-order valence-electron chi connectivity index (χ0n) is 17.5. The van der Waals surface area contributed by atoms with Crippen LogP contribution in [0, 0.1) is 0 Å². The molecule has 6 nitrogen and oxygen atoms in total. The summed E-state index contributed by atoms with van der Waals surface area (Å²) in [5.74, 6) is 2.23. The fourth-order valence-electron chi connectivity index (χ4n) is 4.04. The first-order chi connectivity index (χ1) is 15.6. The van der Waals surface area contributed by atoms with Gasteiger partial charge >= 0.3 is 0 Å². The third-order valence-corrected chi connectivity index (χ3v) is 7.03. The molecule has 5 rings (SSSR count). The Labute approximate surface area is 194 Å². The van der Waals surface area contributed by atoms with E-state index in [0.29, 0.717) is 23.9 Å². The van der Waals surface area contributed by atoms with Gasteiger partial charge in [0.2, 0.25) is 5.91 Å². The van der Waals surface area contributed by atoms with Crippen molar-refractivity contribution in [1.29, 1.82) is 0 Å². The van der Waals surface area contributed by atoms with E-state index in [1.165, 1.54) is 0 Å². The van der Waals surface area contributed by atoms with Crippen LogP contribution in [0.15, 0.2) is 59.2 Å². The van der Waals surface area contributed by atoms with Gasteiger partial charge in [0.1, 0.15) is 16.9 Å². The molecular formula is C24H22ClN3O3S. The standard InChI is InChI=1S/C24H22ClN3O3S/c1-30-16-6-8-19-18(13-16)23(17-7-5-15(25)12-20(17)27-19)26-9-3-10-28-22(29)14-32-24(28)21-4-2-11-31-21/h2,4-8,11-13,24H,3,9-10,14H2,1H3,(H,26,27). The second-order valence-corrected chi connectivity index (χ2v) is 9.08. The van der Waals surface area contributed by atoms with E-state index in [2.05, 4.69) is 5.32 Å². The highest BCUT2D eigenvalue weighted by Crippen LogP contribution is 2.39. The van der Waals surface area contributed by atoms with Crippen LogP contribution in [0.2, 0.25) is 5.02 Å². The highest BCUT2D eigenvalue weighted by Gasteiger charge is 2.33. The van der Waals surface area contributed by atoms with E-state index in [4.69, 9.17) is 25.7 Å². The number of nitrogens with zero attached hydrogens (tertiary/aromatic N) is 2. The molecule has 1 aliphatic heterocycles. The smallest absolute Gasteiger partial charge is 0.233 e. The molecule has 0 spiro atoms. The lowest BCUT2D eigenvalue weighted by atomic mass is 10.1. The van der Waals surface area contributed by atoms with Crippen molar-refractivity contribution < 1.29 is 13.9 Å². The highest BCUT2D eigenvalue weighted by molar-refractivity contribution is 8.00. The van der Waals surface area contributed by atoms with Gasteiger partial charge in [-0.15, -0.1) is 11.8 Å². The molecule has 1 aliphatic rings. The fourth-order valence-corrected chi connectivity index (χ4v) is 5.37. The van der Waals surface area contributed by atoms with E-state index in [0.717, 1.165) is 45.4 Å². The molecule has 0 radical (unpaired) electrons. The SMILES string of the molecule is COc1ccc2nc3cc(Cl)ccc3c(NCCCN3C(=O)CSC3c3ccco3)c2c1. The number of benzene rings is 2. The van der Waals surface area contributed by atoms with Crippen molar-refractivity contribution in [3.63, 3.8) is 0 Å². The Balaban J connectivity index is 1.38. The Bertz CT molecular complexity index is 1280. The lowest BCUT2D eigenvalue weighted by molar-refractivity contribution is -0.128. The van der Waals surface area contributed by atoms with E-state index in [9.17, 15) is 4.79 Å². The Kier molecular flexibility index (Phi) is 5.85. The molecular weight excluding hydrogens is 446 g/mol.